The Morgan fingerprint density at radius 3 is 2.47 bits per heavy atom. The molecule has 0 atom stereocenters. The van der Waals surface area contributed by atoms with Gasteiger partial charge in [0, 0.05) is 17.1 Å². The van der Waals surface area contributed by atoms with Crippen LogP contribution < -0.4 is 5.32 Å². The highest BCUT2D eigenvalue weighted by atomic mass is 35.5. The van der Waals surface area contributed by atoms with E-state index in [9.17, 15) is 4.79 Å². The zero-order valence-electron chi connectivity index (χ0n) is 10.3. The summed E-state index contributed by atoms with van der Waals surface area (Å²) in [4.78, 5) is 11.9. The van der Waals surface area contributed by atoms with Gasteiger partial charge in [-0.25, -0.2) is 0 Å². The van der Waals surface area contributed by atoms with E-state index in [2.05, 4.69) is 5.32 Å². The van der Waals surface area contributed by atoms with Crippen molar-refractivity contribution in [1.29, 1.82) is 0 Å². The number of nitrogens with one attached hydrogen (secondary N) is 1. The van der Waals surface area contributed by atoms with E-state index in [-0.39, 0.29) is 12.5 Å². The molecule has 19 heavy (non-hydrogen) atoms. The molecular weight excluding hydrogens is 262 g/mol. The van der Waals surface area contributed by atoms with Crippen LogP contribution in [0.2, 0.25) is 5.02 Å². The number of carbonyl (C=O) groups is 1. The lowest BCUT2D eigenvalue weighted by Crippen LogP contribution is -2.22. The Hall–Kier alpha value is -1.84. The van der Waals surface area contributed by atoms with E-state index >= 15 is 0 Å². The van der Waals surface area contributed by atoms with Crippen molar-refractivity contribution < 1.29 is 9.90 Å². The number of aliphatic hydroxyl groups is 1. The highest BCUT2D eigenvalue weighted by Gasteiger charge is 2.04. The molecule has 98 valence electrons. The van der Waals surface area contributed by atoms with Crippen molar-refractivity contribution >= 4 is 17.5 Å². The summed E-state index contributed by atoms with van der Waals surface area (Å²) in [6.45, 7) is 0.425. The molecule has 2 rings (SSSR count). The molecular formula is C15H14ClNO2. The zero-order chi connectivity index (χ0) is 13.7. The third-order valence-electron chi connectivity index (χ3n) is 2.73. The van der Waals surface area contributed by atoms with Gasteiger partial charge in [0.2, 0.25) is 0 Å². The van der Waals surface area contributed by atoms with Crippen LogP contribution in [0.15, 0.2) is 48.5 Å². The number of rotatable bonds is 4. The molecule has 1 amide bonds. The van der Waals surface area contributed by atoms with Gasteiger partial charge in [0.1, 0.15) is 0 Å². The molecule has 0 saturated heterocycles. The maximum Gasteiger partial charge on any atom is 0.251 e. The van der Waals surface area contributed by atoms with Crippen LogP contribution in [0, 0.1) is 0 Å². The van der Waals surface area contributed by atoms with E-state index in [0.29, 0.717) is 17.1 Å². The first kappa shape index (κ1) is 13.6. The lowest BCUT2D eigenvalue weighted by molar-refractivity contribution is 0.0951. The smallest absolute Gasteiger partial charge is 0.251 e. The van der Waals surface area contributed by atoms with Crippen molar-refractivity contribution in [3.8, 4) is 0 Å². The highest BCUT2D eigenvalue weighted by molar-refractivity contribution is 6.30. The van der Waals surface area contributed by atoms with Crippen molar-refractivity contribution in [3.63, 3.8) is 0 Å². The fourth-order valence-electron chi connectivity index (χ4n) is 1.72. The molecule has 0 saturated carbocycles. The number of aliphatic hydroxyl groups excluding tert-OH is 1. The summed E-state index contributed by atoms with van der Waals surface area (Å²) in [6.07, 6.45) is 0. The quantitative estimate of drug-likeness (QED) is 0.901. The largest absolute Gasteiger partial charge is 0.392 e. The predicted molar refractivity (Wildman–Crippen MR) is 75.0 cm³/mol. The predicted octanol–water partition coefficient (Wildman–Crippen LogP) is 2.76. The topological polar surface area (TPSA) is 49.3 Å². The molecule has 0 aliphatic carbocycles. The molecule has 0 heterocycles. The number of amides is 1. The second-order valence-corrected chi connectivity index (χ2v) is 4.60. The van der Waals surface area contributed by atoms with Crippen molar-refractivity contribution in [2.75, 3.05) is 0 Å². The van der Waals surface area contributed by atoms with E-state index in [0.717, 1.165) is 11.1 Å². The highest BCUT2D eigenvalue weighted by Crippen LogP contribution is 2.10. The van der Waals surface area contributed by atoms with Crippen molar-refractivity contribution in [2.24, 2.45) is 0 Å². The van der Waals surface area contributed by atoms with Gasteiger partial charge in [-0.05, 0) is 35.4 Å². The van der Waals surface area contributed by atoms with E-state index in [1.165, 1.54) is 0 Å². The molecule has 0 spiro atoms. The maximum absolute atomic E-state index is 11.9. The summed E-state index contributed by atoms with van der Waals surface area (Å²) in [6, 6.07) is 14.2. The van der Waals surface area contributed by atoms with Crippen LogP contribution in [0.25, 0.3) is 0 Å². The van der Waals surface area contributed by atoms with Crippen LogP contribution in [-0.2, 0) is 13.2 Å². The number of halogens is 1. The summed E-state index contributed by atoms with van der Waals surface area (Å²) in [7, 11) is 0. The van der Waals surface area contributed by atoms with E-state index in [4.69, 9.17) is 16.7 Å². The molecule has 2 aromatic rings. The molecule has 4 heteroatoms. The van der Waals surface area contributed by atoms with Crippen LogP contribution >= 0.6 is 11.6 Å². The molecule has 0 aromatic heterocycles. The van der Waals surface area contributed by atoms with Gasteiger partial charge in [0.15, 0.2) is 0 Å². The Bertz CT molecular complexity index is 567. The van der Waals surface area contributed by atoms with Crippen molar-refractivity contribution in [3.05, 3.63) is 70.2 Å². The molecule has 0 aliphatic heterocycles. The minimum absolute atomic E-state index is 0.00102. The maximum atomic E-state index is 11.9. The average molecular weight is 276 g/mol. The van der Waals surface area contributed by atoms with Gasteiger partial charge in [0.25, 0.3) is 5.91 Å². The normalized spacial score (nSPS) is 10.2. The SMILES string of the molecule is O=C(NCc1cccc(CO)c1)c1ccc(Cl)cc1. The summed E-state index contributed by atoms with van der Waals surface area (Å²) >= 11 is 5.77. The van der Waals surface area contributed by atoms with Crippen LogP contribution in [0.4, 0.5) is 0 Å². The van der Waals surface area contributed by atoms with E-state index < -0.39 is 0 Å². The number of carbonyl (C=O) groups excluding carboxylic acids is 1. The Morgan fingerprint density at radius 1 is 1.11 bits per heavy atom. The van der Waals surface area contributed by atoms with Gasteiger partial charge in [0.05, 0.1) is 6.61 Å². The Kier molecular flexibility index (Phi) is 4.55. The van der Waals surface area contributed by atoms with Crippen LogP contribution in [0.5, 0.6) is 0 Å². The Balaban J connectivity index is 1.98. The summed E-state index contributed by atoms with van der Waals surface area (Å²) in [5.74, 6) is -0.147. The third kappa shape index (κ3) is 3.81. The average Bonchev–Trinajstić information content (AvgIpc) is 2.46. The molecule has 2 aromatic carbocycles. The standard InChI is InChI=1S/C15H14ClNO2/c16-14-6-4-13(5-7-14)15(19)17-9-11-2-1-3-12(8-11)10-18/h1-8,18H,9-10H2,(H,17,19). The zero-order valence-corrected chi connectivity index (χ0v) is 11.0. The first-order valence-corrected chi connectivity index (χ1v) is 6.29. The van der Waals surface area contributed by atoms with Crippen molar-refractivity contribution in [2.45, 2.75) is 13.2 Å². The van der Waals surface area contributed by atoms with Gasteiger partial charge in [-0.15, -0.1) is 0 Å². The summed E-state index contributed by atoms with van der Waals surface area (Å²) in [5.41, 5.74) is 2.36. The van der Waals surface area contributed by atoms with Gasteiger partial charge in [-0.3, -0.25) is 4.79 Å². The van der Waals surface area contributed by atoms with Gasteiger partial charge in [-0.1, -0.05) is 35.9 Å². The number of benzene rings is 2. The van der Waals surface area contributed by atoms with Crippen LogP contribution in [0.3, 0.4) is 0 Å². The minimum atomic E-state index is -0.147. The second kappa shape index (κ2) is 6.36. The molecule has 2 N–H and O–H groups in total. The van der Waals surface area contributed by atoms with Crippen LogP contribution in [0.1, 0.15) is 21.5 Å². The Morgan fingerprint density at radius 2 is 1.79 bits per heavy atom. The molecule has 0 unspecified atom stereocenters. The molecule has 3 nitrogen and oxygen atoms in total. The second-order valence-electron chi connectivity index (χ2n) is 4.17. The lowest BCUT2D eigenvalue weighted by Gasteiger charge is -2.06. The Labute approximate surface area is 116 Å². The minimum Gasteiger partial charge on any atom is -0.392 e. The first-order valence-electron chi connectivity index (χ1n) is 5.91. The molecule has 0 bridgehead atoms. The fourth-order valence-corrected chi connectivity index (χ4v) is 1.85. The van der Waals surface area contributed by atoms with Gasteiger partial charge >= 0.3 is 0 Å². The first-order chi connectivity index (χ1) is 9.19. The number of hydrogen-bond acceptors (Lipinski definition) is 2. The third-order valence-corrected chi connectivity index (χ3v) is 2.99. The van der Waals surface area contributed by atoms with Gasteiger partial charge in [-0.2, -0.15) is 0 Å². The number of hydrogen-bond donors (Lipinski definition) is 2. The molecule has 0 radical (unpaired) electrons. The van der Waals surface area contributed by atoms with E-state index in [1.807, 2.05) is 24.3 Å². The molecule has 0 aliphatic rings. The summed E-state index contributed by atoms with van der Waals surface area (Å²) < 4.78 is 0. The lowest BCUT2D eigenvalue weighted by atomic mass is 10.1. The fraction of sp³-hybridized carbons (Fsp3) is 0.133. The molecule has 0 fully saturated rings. The van der Waals surface area contributed by atoms with Crippen LogP contribution in [-0.4, -0.2) is 11.0 Å². The monoisotopic (exact) mass is 275 g/mol. The van der Waals surface area contributed by atoms with Gasteiger partial charge < -0.3 is 10.4 Å². The summed E-state index contributed by atoms with van der Waals surface area (Å²) in [5, 5.41) is 12.5. The van der Waals surface area contributed by atoms with Crippen molar-refractivity contribution in [1.82, 2.24) is 5.32 Å². The van der Waals surface area contributed by atoms with E-state index in [1.54, 1.807) is 24.3 Å².